The van der Waals surface area contributed by atoms with Gasteiger partial charge in [0.1, 0.15) is 11.5 Å². The number of fused-ring (bicyclic) bond motifs is 8. The van der Waals surface area contributed by atoms with Gasteiger partial charge in [0.2, 0.25) is 5.91 Å². The van der Waals surface area contributed by atoms with Gasteiger partial charge in [-0.15, -0.1) is 0 Å². The summed E-state index contributed by atoms with van der Waals surface area (Å²) in [4.78, 5) is 76.9. The van der Waals surface area contributed by atoms with Crippen LogP contribution in [0.4, 0.5) is 17.1 Å². The maximum atomic E-state index is 13.6. The van der Waals surface area contributed by atoms with E-state index >= 15 is 0 Å². The van der Waals surface area contributed by atoms with E-state index in [2.05, 4.69) is 33.7 Å². The number of hydrogen-bond donors (Lipinski definition) is 1. The van der Waals surface area contributed by atoms with E-state index < -0.39 is 17.9 Å². The van der Waals surface area contributed by atoms with Gasteiger partial charge in [0.25, 0.3) is 11.8 Å². The van der Waals surface area contributed by atoms with Gasteiger partial charge in [-0.1, -0.05) is 42.5 Å². The van der Waals surface area contributed by atoms with Crippen LogP contribution in [-0.2, 0) is 47.9 Å². The molecular formula is C47H51N3O11. The Morgan fingerprint density at radius 1 is 0.623 bits per heavy atom. The highest BCUT2D eigenvalue weighted by molar-refractivity contribution is 6.15. The number of carboxylic acid groups (broad SMARTS) is 1. The summed E-state index contributed by atoms with van der Waals surface area (Å²) in [6, 6.07) is 23.7. The van der Waals surface area contributed by atoms with Crippen molar-refractivity contribution >= 4 is 52.7 Å². The largest absolute Gasteiger partial charge is 0.496 e. The van der Waals surface area contributed by atoms with Crippen molar-refractivity contribution in [1.29, 1.82) is 0 Å². The molecule has 0 saturated heterocycles. The third kappa shape index (κ3) is 9.38. The lowest BCUT2D eigenvalue weighted by Gasteiger charge is -2.27. The van der Waals surface area contributed by atoms with Crippen LogP contribution in [0.15, 0.2) is 72.8 Å². The lowest BCUT2D eigenvalue weighted by atomic mass is 9.98. The summed E-state index contributed by atoms with van der Waals surface area (Å²) < 4.78 is 19.7. The molecule has 4 aromatic carbocycles. The number of anilines is 3. The highest BCUT2D eigenvalue weighted by Crippen LogP contribution is 2.41. The molecule has 0 radical (unpaired) electrons. The minimum Gasteiger partial charge on any atom is -0.496 e. The molecule has 61 heavy (non-hydrogen) atoms. The number of carbonyl (C=O) groups is 6. The Balaban J connectivity index is 0.000000175. The van der Waals surface area contributed by atoms with Gasteiger partial charge in [-0.3, -0.25) is 28.8 Å². The first kappa shape index (κ1) is 43.9. The Morgan fingerprint density at radius 2 is 1.13 bits per heavy atom. The first-order chi connectivity index (χ1) is 29.3. The monoisotopic (exact) mass is 833 g/mol. The van der Waals surface area contributed by atoms with Crippen molar-refractivity contribution in [2.24, 2.45) is 0 Å². The average molecular weight is 834 g/mol. The molecule has 0 aliphatic carbocycles. The van der Waals surface area contributed by atoms with Gasteiger partial charge >= 0.3 is 17.9 Å². The van der Waals surface area contributed by atoms with E-state index in [9.17, 15) is 28.8 Å². The second kappa shape index (κ2) is 19.1. The summed E-state index contributed by atoms with van der Waals surface area (Å²) >= 11 is 0. The molecule has 8 rings (SSSR count). The Bertz CT molecular complexity index is 2360. The molecule has 14 nitrogen and oxygen atoms in total. The first-order valence-corrected chi connectivity index (χ1v) is 20.1. The molecule has 1 N–H and O–H groups in total. The number of ether oxygens (including phenoxy) is 4. The predicted octanol–water partition coefficient (Wildman–Crippen LogP) is 6.42. The highest BCUT2D eigenvalue weighted by atomic mass is 16.5. The number of amides is 3. The molecule has 2 atom stereocenters. The maximum Gasteiger partial charge on any atom is 0.306 e. The molecule has 320 valence electrons. The number of carboxylic acids is 1. The number of para-hydroxylation sites is 2. The number of benzene rings is 4. The van der Waals surface area contributed by atoms with Crippen LogP contribution in [-0.4, -0.2) is 87.8 Å². The Hall–Kier alpha value is -6.70. The third-order valence-electron chi connectivity index (χ3n) is 11.4. The molecule has 0 unspecified atom stereocenters. The molecule has 14 heteroatoms. The molecule has 0 fully saturated rings. The minimum absolute atomic E-state index is 0.00113. The van der Waals surface area contributed by atoms with Crippen molar-refractivity contribution in [2.75, 3.05) is 49.7 Å². The standard InChI is InChI=1S/C23H24N2O5.C19H19NO2.C5H8O4/c1-14-10-19-17(12-20(14)29-2)23(28)25-16(11-15-6-4-5-7-18(15)25)13-24(19)21(26)8-9-22(27)30-3;1-12-9-13-7-8-15-10-14-5-3-4-6-17(14)20(15)19(21)16(13)11-18(12)22-2;1-9-5(8)3-2-4(6)7/h4-7,10,12,16H,8-9,11,13H2,1-3H3;3-6,9,11,15H,7-8,10H2,1-2H3;2-3H2,1H3,(H,6,7)/t16-;15-;/m01./s1. The Morgan fingerprint density at radius 3 is 1.70 bits per heavy atom. The van der Waals surface area contributed by atoms with E-state index in [-0.39, 0.29) is 55.5 Å². The molecule has 4 heterocycles. The fourth-order valence-corrected chi connectivity index (χ4v) is 8.39. The van der Waals surface area contributed by atoms with Crippen LogP contribution in [0.3, 0.4) is 0 Å². The third-order valence-corrected chi connectivity index (χ3v) is 11.4. The average Bonchev–Trinajstić information content (AvgIpc) is 3.76. The molecule has 0 bridgehead atoms. The number of aryl methyl sites for hydroxylation is 3. The van der Waals surface area contributed by atoms with Gasteiger partial charge in [0.15, 0.2) is 0 Å². The van der Waals surface area contributed by atoms with Gasteiger partial charge in [0.05, 0.1) is 65.0 Å². The van der Waals surface area contributed by atoms with Crippen LogP contribution in [0.5, 0.6) is 11.5 Å². The van der Waals surface area contributed by atoms with E-state index in [0.717, 1.165) is 64.2 Å². The number of nitrogens with zero attached hydrogens (tertiary/aromatic N) is 3. The van der Waals surface area contributed by atoms with E-state index in [1.165, 1.54) is 19.8 Å². The van der Waals surface area contributed by atoms with Crippen molar-refractivity contribution in [1.82, 2.24) is 0 Å². The second-order valence-electron chi connectivity index (χ2n) is 15.2. The molecule has 0 spiro atoms. The number of rotatable bonds is 8. The Kier molecular flexibility index (Phi) is 13.8. The number of carbonyl (C=O) groups excluding carboxylic acids is 5. The summed E-state index contributed by atoms with van der Waals surface area (Å²) in [6.07, 6.45) is 3.40. The van der Waals surface area contributed by atoms with Gasteiger partial charge in [-0.25, -0.2) is 0 Å². The van der Waals surface area contributed by atoms with Crippen molar-refractivity contribution < 1.29 is 52.8 Å². The van der Waals surface area contributed by atoms with Gasteiger partial charge < -0.3 is 38.8 Å². The van der Waals surface area contributed by atoms with Crippen molar-refractivity contribution in [3.05, 3.63) is 112 Å². The van der Waals surface area contributed by atoms with Crippen LogP contribution in [0, 0.1) is 13.8 Å². The summed E-state index contributed by atoms with van der Waals surface area (Å²) in [6.45, 7) is 4.27. The van der Waals surface area contributed by atoms with Gasteiger partial charge in [-0.05, 0) is 97.7 Å². The van der Waals surface area contributed by atoms with E-state index in [1.807, 2.05) is 61.2 Å². The van der Waals surface area contributed by atoms with Crippen molar-refractivity contribution in [2.45, 2.75) is 77.3 Å². The van der Waals surface area contributed by atoms with Crippen LogP contribution in [0.1, 0.15) is 80.6 Å². The summed E-state index contributed by atoms with van der Waals surface area (Å²) in [5.41, 5.74) is 9.16. The molecule has 0 saturated carbocycles. The van der Waals surface area contributed by atoms with E-state index in [4.69, 9.17) is 14.6 Å². The van der Waals surface area contributed by atoms with Crippen LogP contribution in [0.25, 0.3) is 0 Å². The topological polar surface area (TPSA) is 169 Å². The zero-order valence-corrected chi connectivity index (χ0v) is 35.3. The van der Waals surface area contributed by atoms with E-state index in [1.54, 1.807) is 30.1 Å². The van der Waals surface area contributed by atoms with Crippen LogP contribution < -0.4 is 24.2 Å². The van der Waals surface area contributed by atoms with Crippen LogP contribution in [0.2, 0.25) is 0 Å². The minimum atomic E-state index is -0.986. The maximum absolute atomic E-state index is 13.6. The molecule has 4 aliphatic heterocycles. The second-order valence-corrected chi connectivity index (χ2v) is 15.2. The summed E-state index contributed by atoms with van der Waals surface area (Å²) in [7, 11) is 5.74. The number of aliphatic carboxylic acids is 1. The first-order valence-electron chi connectivity index (χ1n) is 20.1. The fourth-order valence-electron chi connectivity index (χ4n) is 8.39. The molecule has 4 aliphatic rings. The molecule has 0 aromatic heterocycles. The smallest absolute Gasteiger partial charge is 0.306 e. The lowest BCUT2D eigenvalue weighted by molar-refractivity contribution is -0.145. The number of methoxy groups -OCH3 is 4. The zero-order valence-electron chi connectivity index (χ0n) is 35.3. The number of hydrogen-bond acceptors (Lipinski definition) is 10. The molecule has 3 amide bonds. The van der Waals surface area contributed by atoms with E-state index in [0.29, 0.717) is 30.0 Å². The lowest BCUT2D eigenvalue weighted by Crippen LogP contribution is -2.44. The number of esters is 2. The zero-order chi connectivity index (χ0) is 44.0. The quantitative estimate of drug-likeness (QED) is 0.195. The summed E-state index contributed by atoms with van der Waals surface area (Å²) in [5.74, 6) is -0.778. The Labute approximate surface area is 354 Å². The normalized spacial score (nSPS) is 16.6. The predicted molar refractivity (Wildman–Crippen MR) is 228 cm³/mol. The highest BCUT2D eigenvalue weighted by Gasteiger charge is 2.41. The van der Waals surface area contributed by atoms with Gasteiger partial charge in [0, 0.05) is 35.9 Å². The molecule has 4 aromatic rings. The van der Waals surface area contributed by atoms with Gasteiger partial charge in [-0.2, -0.15) is 0 Å². The van der Waals surface area contributed by atoms with Crippen molar-refractivity contribution in [3.8, 4) is 11.5 Å². The molecular weight excluding hydrogens is 783 g/mol. The van der Waals surface area contributed by atoms with Crippen molar-refractivity contribution in [3.63, 3.8) is 0 Å². The summed E-state index contributed by atoms with van der Waals surface area (Å²) in [5, 5.41) is 8.05. The fraction of sp³-hybridized carbons (Fsp3) is 0.362. The van der Waals surface area contributed by atoms with Crippen LogP contribution >= 0.6 is 0 Å². The SMILES string of the molecule is COC(=O)CCC(=O)N1C[C@@H]2Cc3ccccc3N2C(=O)c2cc(OC)c(C)cc21.COC(=O)CCC(=O)O.COc1cc2c(cc1C)CC[C@@H]1Cc3ccccc3N1C2=O.